The standard InChI is InChI=1S/C26H25N5O2S/c1-15-16(2)34-26-23(15)24(28-21(13-22(32)33)25-30-29-17(3)31(25)26)19-9-11-20(12-10-19)27-14-18-7-5-4-6-8-18/h4-12,21,27H,13-14H2,1-3H3,(H,32,33)/t21-/m0/s1. The van der Waals surface area contributed by atoms with Gasteiger partial charge in [-0.15, -0.1) is 21.5 Å². The molecule has 0 unspecified atom stereocenters. The maximum Gasteiger partial charge on any atom is 0.306 e. The van der Waals surface area contributed by atoms with E-state index in [1.807, 2.05) is 54.0 Å². The van der Waals surface area contributed by atoms with Gasteiger partial charge in [-0.3, -0.25) is 14.4 Å². The van der Waals surface area contributed by atoms with E-state index in [1.54, 1.807) is 11.3 Å². The van der Waals surface area contributed by atoms with Gasteiger partial charge in [0.15, 0.2) is 5.82 Å². The Morgan fingerprint density at radius 1 is 1.06 bits per heavy atom. The molecule has 0 fully saturated rings. The molecule has 172 valence electrons. The second-order valence-electron chi connectivity index (χ2n) is 8.41. The van der Waals surface area contributed by atoms with Crippen molar-refractivity contribution in [3.05, 3.63) is 93.4 Å². The van der Waals surface area contributed by atoms with Crippen molar-refractivity contribution >= 4 is 28.7 Å². The van der Waals surface area contributed by atoms with E-state index in [0.29, 0.717) is 5.82 Å². The summed E-state index contributed by atoms with van der Waals surface area (Å²) in [5.74, 6) is 0.377. The number of benzene rings is 2. The summed E-state index contributed by atoms with van der Waals surface area (Å²) in [5.41, 5.74) is 6.12. The number of fused-ring (bicyclic) bond motifs is 3. The minimum absolute atomic E-state index is 0.148. The number of thiophene rings is 1. The van der Waals surface area contributed by atoms with Gasteiger partial charge in [-0.05, 0) is 44.0 Å². The molecule has 1 aliphatic rings. The van der Waals surface area contributed by atoms with Crippen LogP contribution in [-0.4, -0.2) is 31.6 Å². The Hall–Kier alpha value is -3.78. The third-order valence-corrected chi connectivity index (χ3v) is 7.30. The molecule has 0 aliphatic carbocycles. The lowest BCUT2D eigenvalue weighted by Crippen LogP contribution is -2.10. The number of aliphatic carboxylic acids is 1. The summed E-state index contributed by atoms with van der Waals surface area (Å²) in [5, 5.41) is 22.6. The Morgan fingerprint density at radius 2 is 1.79 bits per heavy atom. The number of aromatic nitrogens is 3. The van der Waals surface area contributed by atoms with Crippen molar-refractivity contribution in [2.24, 2.45) is 4.99 Å². The van der Waals surface area contributed by atoms with E-state index >= 15 is 0 Å². The maximum absolute atomic E-state index is 11.7. The van der Waals surface area contributed by atoms with Crippen LogP contribution in [0.15, 0.2) is 59.6 Å². The smallest absolute Gasteiger partial charge is 0.306 e. The van der Waals surface area contributed by atoms with Gasteiger partial charge in [0.25, 0.3) is 0 Å². The van der Waals surface area contributed by atoms with Crippen molar-refractivity contribution in [1.82, 2.24) is 14.8 Å². The highest BCUT2D eigenvalue weighted by molar-refractivity contribution is 7.15. The Balaban J connectivity index is 1.56. The van der Waals surface area contributed by atoms with Crippen molar-refractivity contribution in [3.63, 3.8) is 0 Å². The number of aryl methyl sites for hydroxylation is 2. The van der Waals surface area contributed by atoms with Gasteiger partial charge in [-0.2, -0.15) is 0 Å². The van der Waals surface area contributed by atoms with Gasteiger partial charge in [0.2, 0.25) is 0 Å². The predicted octanol–water partition coefficient (Wildman–Crippen LogP) is 5.23. The van der Waals surface area contributed by atoms with Crippen LogP contribution in [-0.2, 0) is 11.3 Å². The molecule has 8 heteroatoms. The molecule has 1 aliphatic heterocycles. The average Bonchev–Trinajstić information content (AvgIpc) is 3.31. The molecule has 0 bridgehead atoms. The van der Waals surface area contributed by atoms with E-state index in [0.717, 1.165) is 45.5 Å². The molecule has 0 radical (unpaired) electrons. The number of carboxylic acids is 1. The maximum atomic E-state index is 11.7. The van der Waals surface area contributed by atoms with E-state index in [2.05, 4.69) is 41.5 Å². The molecular weight excluding hydrogens is 446 g/mol. The quantitative estimate of drug-likeness (QED) is 0.402. The summed E-state index contributed by atoms with van der Waals surface area (Å²) in [6.07, 6.45) is -0.148. The summed E-state index contributed by atoms with van der Waals surface area (Å²) in [7, 11) is 0. The molecule has 34 heavy (non-hydrogen) atoms. The number of carbonyl (C=O) groups is 1. The summed E-state index contributed by atoms with van der Waals surface area (Å²) in [6, 6.07) is 17.8. The fourth-order valence-electron chi connectivity index (χ4n) is 4.24. The monoisotopic (exact) mass is 471 g/mol. The minimum Gasteiger partial charge on any atom is -0.481 e. The zero-order valence-corrected chi connectivity index (χ0v) is 20.1. The van der Waals surface area contributed by atoms with Crippen molar-refractivity contribution in [2.75, 3.05) is 5.32 Å². The highest BCUT2D eigenvalue weighted by atomic mass is 32.1. The van der Waals surface area contributed by atoms with E-state index in [4.69, 9.17) is 4.99 Å². The SMILES string of the molecule is Cc1sc2c(c1C)C(c1ccc(NCc3ccccc3)cc1)=N[C@@H](CC(=O)O)c1nnc(C)n1-2. The first kappa shape index (κ1) is 22.0. The first-order chi connectivity index (χ1) is 16.4. The van der Waals surface area contributed by atoms with Crippen LogP contribution < -0.4 is 5.32 Å². The number of anilines is 1. The largest absolute Gasteiger partial charge is 0.481 e. The Kier molecular flexibility index (Phi) is 5.75. The zero-order chi connectivity index (χ0) is 23.8. The van der Waals surface area contributed by atoms with E-state index in [1.165, 1.54) is 10.4 Å². The number of carboxylic acid groups (broad SMARTS) is 1. The van der Waals surface area contributed by atoms with Crippen LogP contribution >= 0.6 is 11.3 Å². The van der Waals surface area contributed by atoms with Gasteiger partial charge in [0, 0.05) is 28.2 Å². The lowest BCUT2D eigenvalue weighted by molar-refractivity contribution is -0.137. The Labute approximate surface area is 201 Å². The second kappa shape index (κ2) is 8.87. The zero-order valence-electron chi connectivity index (χ0n) is 19.2. The molecule has 1 atom stereocenters. The molecule has 5 rings (SSSR count). The van der Waals surface area contributed by atoms with Gasteiger partial charge >= 0.3 is 5.97 Å². The van der Waals surface area contributed by atoms with Crippen LogP contribution in [0.4, 0.5) is 5.69 Å². The summed E-state index contributed by atoms with van der Waals surface area (Å²) in [4.78, 5) is 17.8. The van der Waals surface area contributed by atoms with Crippen LogP contribution in [0.5, 0.6) is 0 Å². The summed E-state index contributed by atoms with van der Waals surface area (Å²) in [6.45, 7) is 6.81. The van der Waals surface area contributed by atoms with Crippen molar-refractivity contribution < 1.29 is 9.90 Å². The van der Waals surface area contributed by atoms with Crippen LogP contribution in [0, 0.1) is 20.8 Å². The van der Waals surface area contributed by atoms with Gasteiger partial charge in [0.1, 0.15) is 16.9 Å². The Morgan fingerprint density at radius 3 is 2.50 bits per heavy atom. The lowest BCUT2D eigenvalue weighted by Gasteiger charge is -2.12. The number of hydrogen-bond donors (Lipinski definition) is 2. The van der Waals surface area contributed by atoms with Crippen LogP contribution in [0.3, 0.4) is 0 Å². The molecule has 4 aromatic rings. The van der Waals surface area contributed by atoms with Crippen molar-refractivity contribution in [3.8, 4) is 5.00 Å². The molecule has 2 aromatic carbocycles. The van der Waals surface area contributed by atoms with Crippen molar-refractivity contribution in [1.29, 1.82) is 0 Å². The third kappa shape index (κ3) is 4.01. The summed E-state index contributed by atoms with van der Waals surface area (Å²) < 4.78 is 1.97. The molecular formula is C26H25N5O2S. The minimum atomic E-state index is -0.918. The molecule has 0 amide bonds. The number of hydrogen-bond acceptors (Lipinski definition) is 6. The topological polar surface area (TPSA) is 92.4 Å². The number of nitrogens with zero attached hydrogens (tertiary/aromatic N) is 4. The van der Waals surface area contributed by atoms with Gasteiger partial charge in [-0.1, -0.05) is 42.5 Å². The molecule has 2 aromatic heterocycles. The Bertz CT molecular complexity index is 1390. The third-order valence-electron chi connectivity index (χ3n) is 6.11. The second-order valence-corrected chi connectivity index (χ2v) is 9.62. The number of aliphatic imine (C=N–C) groups is 1. The molecule has 7 nitrogen and oxygen atoms in total. The number of rotatable bonds is 6. The van der Waals surface area contributed by atoms with Gasteiger partial charge in [-0.25, -0.2) is 0 Å². The van der Waals surface area contributed by atoms with Crippen LogP contribution in [0.1, 0.15) is 51.2 Å². The first-order valence-electron chi connectivity index (χ1n) is 11.1. The predicted molar refractivity (Wildman–Crippen MR) is 134 cm³/mol. The number of nitrogens with one attached hydrogen (secondary N) is 1. The van der Waals surface area contributed by atoms with E-state index in [-0.39, 0.29) is 6.42 Å². The molecule has 0 saturated carbocycles. The van der Waals surface area contributed by atoms with Gasteiger partial charge < -0.3 is 10.4 Å². The van der Waals surface area contributed by atoms with E-state index < -0.39 is 12.0 Å². The van der Waals surface area contributed by atoms with Gasteiger partial charge in [0.05, 0.1) is 12.1 Å². The van der Waals surface area contributed by atoms with Crippen molar-refractivity contribution in [2.45, 2.75) is 39.8 Å². The fourth-order valence-corrected chi connectivity index (χ4v) is 5.45. The fraction of sp³-hybridized carbons (Fsp3) is 0.231. The molecule has 2 N–H and O–H groups in total. The molecule has 0 spiro atoms. The summed E-state index contributed by atoms with van der Waals surface area (Å²) >= 11 is 1.66. The first-order valence-corrected chi connectivity index (χ1v) is 11.9. The molecule has 3 heterocycles. The van der Waals surface area contributed by atoms with E-state index in [9.17, 15) is 9.90 Å². The highest BCUT2D eigenvalue weighted by Crippen LogP contribution is 2.39. The van der Waals surface area contributed by atoms with Crippen LogP contribution in [0.2, 0.25) is 0 Å². The lowest BCUT2D eigenvalue weighted by atomic mass is 9.99. The highest BCUT2D eigenvalue weighted by Gasteiger charge is 2.32. The van der Waals surface area contributed by atoms with Crippen LogP contribution in [0.25, 0.3) is 5.00 Å². The normalized spacial score (nSPS) is 14.7. The molecule has 0 saturated heterocycles. The average molecular weight is 472 g/mol.